The lowest BCUT2D eigenvalue weighted by Crippen LogP contribution is -2.21. The number of rotatable bonds is 4. The van der Waals surface area contributed by atoms with E-state index in [-0.39, 0.29) is 0 Å². The Morgan fingerprint density at radius 1 is 1.10 bits per heavy atom. The largest absolute Gasteiger partial charge is 0.496 e. The molecule has 1 aromatic carbocycles. The van der Waals surface area contributed by atoms with E-state index in [1.807, 2.05) is 6.07 Å². The molecule has 3 rings (SSSR count). The highest BCUT2D eigenvalue weighted by Crippen LogP contribution is 2.50. The quantitative estimate of drug-likeness (QED) is 0.630. The average Bonchev–Trinajstić information content (AvgIpc) is 3.15. The zero-order chi connectivity index (χ0) is 14.9. The van der Waals surface area contributed by atoms with Gasteiger partial charge in [-0.15, -0.1) is 0 Å². The minimum atomic E-state index is -0.474. The standard InChI is InChI=1S/C17H21NO3/c1-20-15-10-14(17(18-11-19)8-3-4-9-17)16(21-2)13-7-5-6-12(13)15/h10H,3-9H2,1-2H3. The van der Waals surface area contributed by atoms with Gasteiger partial charge in [0.1, 0.15) is 17.0 Å². The Bertz CT molecular complexity index is 597. The first kappa shape index (κ1) is 14.2. The second-order valence-electron chi connectivity index (χ2n) is 5.91. The molecule has 1 saturated carbocycles. The van der Waals surface area contributed by atoms with Crippen LogP contribution in [0.4, 0.5) is 0 Å². The van der Waals surface area contributed by atoms with Crippen LogP contribution in [0.5, 0.6) is 11.5 Å². The lowest BCUT2D eigenvalue weighted by Gasteiger charge is -2.27. The van der Waals surface area contributed by atoms with Crippen molar-refractivity contribution in [3.63, 3.8) is 0 Å². The van der Waals surface area contributed by atoms with E-state index in [1.165, 1.54) is 11.1 Å². The summed E-state index contributed by atoms with van der Waals surface area (Å²) >= 11 is 0. The predicted molar refractivity (Wildman–Crippen MR) is 79.8 cm³/mol. The van der Waals surface area contributed by atoms with Crippen molar-refractivity contribution in [2.75, 3.05) is 14.2 Å². The zero-order valence-corrected chi connectivity index (χ0v) is 12.7. The summed E-state index contributed by atoms with van der Waals surface area (Å²) in [5, 5.41) is 0. The SMILES string of the molecule is COc1cc(C2(N=C=O)CCCC2)c(OC)c2c1CCC2. The van der Waals surface area contributed by atoms with Gasteiger partial charge < -0.3 is 9.47 Å². The van der Waals surface area contributed by atoms with E-state index in [9.17, 15) is 4.79 Å². The third kappa shape index (κ3) is 2.14. The van der Waals surface area contributed by atoms with Gasteiger partial charge in [0, 0.05) is 16.7 Å². The number of isocyanates is 1. The molecule has 4 heteroatoms. The number of hydrogen-bond donors (Lipinski definition) is 0. The van der Waals surface area contributed by atoms with E-state index in [4.69, 9.17) is 9.47 Å². The number of nitrogens with zero attached hydrogens (tertiary/aromatic N) is 1. The van der Waals surface area contributed by atoms with Crippen molar-refractivity contribution < 1.29 is 14.3 Å². The minimum Gasteiger partial charge on any atom is -0.496 e. The number of aliphatic imine (C=N–C) groups is 1. The molecule has 0 amide bonds. The Morgan fingerprint density at radius 2 is 1.81 bits per heavy atom. The highest BCUT2D eigenvalue weighted by molar-refractivity contribution is 5.59. The third-order valence-electron chi connectivity index (χ3n) is 4.93. The average molecular weight is 287 g/mol. The van der Waals surface area contributed by atoms with Crippen LogP contribution in [0.15, 0.2) is 11.1 Å². The molecule has 4 nitrogen and oxygen atoms in total. The van der Waals surface area contributed by atoms with Crippen LogP contribution in [0.3, 0.4) is 0 Å². The predicted octanol–water partition coefficient (Wildman–Crippen LogP) is 3.30. The lowest BCUT2D eigenvalue weighted by atomic mass is 9.85. The fourth-order valence-electron chi connectivity index (χ4n) is 3.96. The van der Waals surface area contributed by atoms with E-state index in [0.29, 0.717) is 0 Å². The molecule has 112 valence electrons. The van der Waals surface area contributed by atoms with Gasteiger partial charge in [-0.2, -0.15) is 4.99 Å². The van der Waals surface area contributed by atoms with E-state index in [1.54, 1.807) is 20.3 Å². The van der Waals surface area contributed by atoms with Crippen LogP contribution in [-0.4, -0.2) is 20.3 Å². The number of fused-ring (bicyclic) bond motifs is 1. The smallest absolute Gasteiger partial charge is 0.235 e. The highest BCUT2D eigenvalue weighted by atomic mass is 16.5. The number of hydrogen-bond acceptors (Lipinski definition) is 4. The summed E-state index contributed by atoms with van der Waals surface area (Å²) in [5.41, 5.74) is 3.02. The summed E-state index contributed by atoms with van der Waals surface area (Å²) in [5.74, 6) is 1.81. The Balaban J connectivity index is 2.24. The lowest BCUT2D eigenvalue weighted by molar-refractivity contribution is 0.367. The molecule has 21 heavy (non-hydrogen) atoms. The maximum Gasteiger partial charge on any atom is 0.235 e. The molecule has 2 aliphatic rings. The summed E-state index contributed by atoms with van der Waals surface area (Å²) in [6, 6.07) is 2.04. The van der Waals surface area contributed by atoms with Gasteiger partial charge in [0.05, 0.1) is 14.2 Å². The van der Waals surface area contributed by atoms with Gasteiger partial charge in [-0.25, -0.2) is 4.79 Å². The van der Waals surface area contributed by atoms with Crippen molar-refractivity contribution in [2.45, 2.75) is 50.5 Å². The zero-order valence-electron chi connectivity index (χ0n) is 12.7. The molecule has 0 atom stereocenters. The molecule has 0 bridgehead atoms. The van der Waals surface area contributed by atoms with Crippen LogP contribution in [-0.2, 0) is 23.2 Å². The van der Waals surface area contributed by atoms with Crippen molar-refractivity contribution in [1.29, 1.82) is 0 Å². The van der Waals surface area contributed by atoms with Gasteiger partial charge in [0.25, 0.3) is 0 Å². The fraction of sp³-hybridized carbons (Fsp3) is 0.588. The molecular weight excluding hydrogens is 266 g/mol. The molecule has 2 aliphatic carbocycles. The summed E-state index contributed by atoms with van der Waals surface area (Å²) in [6.07, 6.45) is 8.84. The summed E-state index contributed by atoms with van der Waals surface area (Å²) in [7, 11) is 3.41. The number of ether oxygens (including phenoxy) is 2. The number of benzene rings is 1. The van der Waals surface area contributed by atoms with Crippen LogP contribution in [0.1, 0.15) is 48.8 Å². The Morgan fingerprint density at radius 3 is 2.43 bits per heavy atom. The molecule has 0 heterocycles. The molecule has 0 saturated heterocycles. The molecule has 0 aromatic heterocycles. The molecule has 1 fully saturated rings. The second kappa shape index (κ2) is 5.53. The maximum atomic E-state index is 11.0. The first-order valence-corrected chi connectivity index (χ1v) is 7.62. The first-order valence-electron chi connectivity index (χ1n) is 7.62. The third-order valence-corrected chi connectivity index (χ3v) is 4.93. The van der Waals surface area contributed by atoms with Gasteiger partial charge in [-0.1, -0.05) is 12.8 Å². The summed E-state index contributed by atoms with van der Waals surface area (Å²) in [6.45, 7) is 0. The molecule has 0 aliphatic heterocycles. The molecule has 1 aromatic rings. The normalized spacial score (nSPS) is 19.0. The van der Waals surface area contributed by atoms with E-state index in [2.05, 4.69) is 4.99 Å². The van der Waals surface area contributed by atoms with Crippen molar-refractivity contribution in [3.05, 3.63) is 22.8 Å². The van der Waals surface area contributed by atoms with Crippen LogP contribution < -0.4 is 9.47 Å². The second-order valence-corrected chi connectivity index (χ2v) is 5.91. The van der Waals surface area contributed by atoms with Gasteiger partial charge in [0.2, 0.25) is 6.08 Å². The van der Waals surface area contributed by atoms with E-state index >= 15 is 0 Å². The molecule has 0 radical (unpaired) electrons. The fourth-order valence-corrected chi connectivity index (χ4v) is 3.96. The maximum absolute atomic E-state index is 11.0. The van der Waals surface area contributed by atoms with Gasteiger partial charge in [0.15, 0.2) is 0 Å². The van der Waals surface area contributed by atoms with Crippen molar-refractivity contribution in [3.8, 4) is 11.5 Å². The molecule has 0 spiro atoms. The van der Waals surface area contributed by atoms with Gasteiger partial charge >= 0.3 is 0 Å². The van der Waals surface area contributed by atoms with Crippen LogP contribution in [0.2, 0.25) is 0 Å². The molecule has 0 unspecified atom stereocenters. The first-order chi connectivity index (χ1) is 10.3. The monoisotopic (exact) mass is 287 g/mol. The van der Waals surface area contributed by atoms with Crippen molar-refractivity contribution in [1.82, 2.24) is 0 Å². The molecule has 0 N–H and O–H groups in total. The number of methoxy groups -OCH3 is 2. The van der Waals surface area contributed by atoms with Crippen LogP contribution >= 0.6 is 0 Å². The Hall–Kier alpha value is -1.80. The Labute approximate surface area is 125 Å². The minimum absolute atomic E-state index is 0.474. The highest BCUT2D eigenvalue weighted by Gasteiger charge is 2.40. The van der Waals surface area contributed by atoms with Crippen molar-refractivity contribution >= 4 is 6.08 Å². The van der Waals surface area contributed by atoms with Crippen LogP contribution in [0, 0.1) is 0 Å². The van der Waals surface area contributed by atoms with E-state index < -0.39 is 5.54 Å². The summed E-state index contributed by atoms with van der Waals surface area (Å²) in [4.78, 5) is 15.2. The van der Waals surface area contributed by atoms with Crippen LogP contribution in [0.25, 0.3) is 0 Å². The topological polar surface area (TPSA) is 47.9 Å². The van der Waals surface area contributed by atoms with Gasteiger partial charge in [-0.3, -0.25) is 0 Å². The van der Waals surface area contributed by atoms with E-state index in [0.717, 1.165) is 62.0 Å². The molecular formula is C17H21NO3. The Kier molecular flexibility index (Phi) is 3.73. The summed E-state index contributed by atoms with van der Waals surface area (Å²) < 4.78 is 11.3. The number of carbonyl (C=O) groups excluding carboxylic acids is 1. The van der Waals surface area contributed by atoms with Gasteiger partial charge in [-0.05, 0) is 38.2 Å². The van der Waals surface area contributed by atoms with Crippen molar-refractivity contribution in [2.24, 2.45) is 4.99 Å².